The van der Waals surface area contributed by atoms with E-state index in [1.165, 1.54) is 78.0 Å². The van der Waals surface area contributed by atoms with Crippen molar-refractivity contribution in [2.24, 2.45) is 0 Å². The summed E-state index contributed by atoms with van der Waals surface area (Å²) in [7, 11) is 0. The minimum Gasteiger partial charge on any atom is -0.311 e. The van der Waals surface area contributed by atoms with Gasteiger partial charge in [-0.05, 0) is 250 Å². The van der Waals surface area contributed by atoms with Gasteiger partial charge in [0.2, 0.25) is 0 Å². The van der Waals surface area contributed by atoms with E-state index in [9.17, 15) is 0 Å². The van der Waals surface area contributed by atoms with Crippen molar-refractivity contribution in [3.05, 3.63) is 317 Å². The van der Waals surface area contributed by atoms with E-state index in [0.29, 0.717) is 5.02 Å². The van der Waals surface area contributed by atoms with Crippen LogP contribution in [0, 0.1) is 0 Å². The van der Waals surface area contributed by atoms with Crippen molar-refractivity contribution in [3.63, 3.8) is 0 Å². The molecular formula is C106H116BClN8. The minimum absolute atomic E-state index is 0.0147. The summed E-state index contributed by atoms with van der Waals surface area (Å²) in [5.74, 6) is 0. The van der Waals surface area contributed by atoms with Gasteiger partial charge in [-0.2, -0.15) is 0 Å². The fraction of sp³-hybridized carbons (Fsp3) is 0.302. The first-order chi connectivity index (χ1) is 54.5. The molecule has 590 valence electrons. The minimum atomic E-state index is -0.166. The molecule has 4 heterocycles. The second-order valence-corrected chi connectivity index (χ2v) is 40.9. The standard InChI is InChI=1S/C53H57BN4.C53H59ClN4/c1-50(2,3)34-18-23-39(24-19-34)56(40-25-20-35(21-26-40)51(4,5)6)41-27-28-42-44(33-41)57(38-16-14-13-15-17-38)46-31-37(53(10,11)12)32-47-48(46)54(42)49-55-43-29-22-36(52(7,8)9)30-45(43)58(47)49;1-50(2,3)36-21-26-41(27-22-36)57(42-28-23-37(24-29-42)51(4,5)6)43-19-16-20-44(34-43)58(40-17-14-13-15-18-40)48-33-39(53(10,11)12)32-47(49(48)54)56-35-55-45-30-25-38(31-46(45)56)52(7,8)9/h13-33H,1-12H3;13-35H,1-12H3. The van der Waals surface area contributed by atoms with Gasteiger partial charge in [0.1, 0.15) is 6.33 Å². The average Bonchev–Trinajstić information content (AvgIpc) is 1.53. The van der Waals surface area contributed by atoms with Crippen LogP contribution < -0.4 is 36.2 Å². The summed E-state index contributed by atoms with van der Waals surface area (Å²) < 4.78 is 4.64. The highest BCUT2D eigenvalue weighted by Gasteiger charge is 2.47. The number of nitrogens with zero attached hydrogens (tertiary/aromatic N) is 8. The Labute approximate surface area is 697 Å². The third-order valence-electron chi connectivity index (χ3n) is 23.6. The second kappa shape index (κ2) is 29.4. The van der Waals surface area contributed by atoms with Gasteiger partial charge in [0.15, 0.2) is 0 Å². The molecule has 0 atom stereocenters. The van der Waals surface area contributed by atoms with Crippen LogP contribution in [0.4, 0.5) is 68.2 Å². The molecule has 10 heteroatoms. The Bertz CT molecular complexity index is 5850. The summed E-state index contributed by atoms with van der Waals surface area (Å²) in [6, 6.07) is 96.6. The van der Waals surface area contributed by atoms with E-state index < -0.39 is 0 Å². The summed E-state index contributed by atoms with van der Waals surface area (Å²) in [5, 5.41) is 0.648. The molecule has 16 rings (SSSR count). The number of benzene rings is 12. The molecule has 0 radical (unpaired) electrons. The number of hydrogen-bond acceptors (Lipinski definition) is 6. The van der Waals surface area contributed by atoms with Gasteiger partial charge >= 0.3 is 0 Å². The number of rotatable bonds is 11. The number of halogens is 1. The maximum Gasteiger partial charge on any atom is 0.294 e. The molecule has 2 aromatic heterocycles. The molecule has 0 bridgehead atoms. The Morgan fingerprint density at radius 2 is 0.664 bits per heavy atom. The number of anilines is 12. The van der Waals surface area contributed by atoms with Crippen molar-refractivity contribution in [3.8, 4) is 11.4 Å². The van der Waals surface area contributed by atoms with Crippen LogP contribution >= 0.6 is 11.6 Å². The van der Waals surface area contributed by atoms with E-state index in [4.69, 9.17) is 21.6 Å². The lowest BCUT2D eigenvalue weighted by atomic mass is 9.39. The molecule has 0 fully saturated rings. The van der Waals surface area contributed by atoms with Gasteiger partial charge < -0.3 is 24.2 Å². The molecule has 2 aliphatic heterocycles. The van der Waals surface area contributed by atoms with Gasteiger partial charge in [-0.3, -0.25) is 4.57 Å². The second-order valence-electron chi connectivity index (χ2n) is 40.5. The number of imidazole rings is 2. The van der Waals surface area contributed by atoms with E-state index in [1.54, 1.807) is 0 Å². The number of para-hydroxylation sites is 2. The van der Waals surface area contributed by atoms with Crippen molar-refractivity contribution in [2.45, 2.75) is 209 Å². The lowest BCUT2D eigenvalue weighted by molar-refractivity contribution is 0.589. The summed E-state index contributed by atoms with van der Waals surface area (Å²) in [4.78, 5) is 19.9. The van der Waals surface area contributed by atoms with Crippen LogP contribution in [0.3, 0.4) is 0 Å². The summed E-state index contributed by atoms with van der Waals surface area (Å²) >= 11 is 7.74. The predicted octanol–water partition coefficient (Wildman–Crippen LogP) is 28.1. The maximum atomic E-state index is 7.74. The quantitative estimate of drug-likeness (QED) is 0.120. The molecule has 0 spiro atoms. The first-order valence-corrected chi connectivity index (χ1v) is 41.9. The van der Waals surface area contributed by atoms with Crippen molar-refractivity contribution in [1.29, 1.82) is 0 Å². The van der Waals surface area contributed by atoms with Gasteiger partial charge in [-0.1, -0.05) is 287 Å². The summed E-state index contributed by atoms with van der Waals surface area (Å²) in [6.45, 7) is 54.6. The Morgan fingerprint density at radius 1 is 0.293 bits per heavy atom. The molecular weight excluding hydrogens is 1430 g/mol. The van der Waals surface area contributed by atoms with Crippen LogP contribution in [-0.2, 0) is 43.3 Å². The maximum absolute atomic E-state index is 7.74. The topological polar surface area (TPSA) is 48.6 Å². The van der Waals surface area contributed by atoms with Gasteiger partial charge in [0.25, 0.3) is 6.71 Å². The highest BCUT2D eigenvalue weighted by atomic mass is 35.5. The highest BCUT2D eigenvalue weighted by molar-refractivity contribution is 6.99. The Balaban J connectivity index is 0.000000182. The zero-order valence-corrected chi connectivity index (χ0v) is 73.7. The number of hydrogen-bond donors (Lipinski definition) is 0. The van der Waals surface area contributed by atoms with Crippen LogP contribution in [0.5, 0.6) is 0 Å². The smallest absolute Gasteiger partial charge is 0.294 e. The largest absolute Gasteiger partial charge is 0.311 e. The van der Waals surface area contributed by atoms with E-state index >= 15 is 0 Å². The molecule has 8 nitrogen and oxygen atoms in total. The summed E-state index contributed by atoms with van der Waals surface area (Å²) in [6.07, 6.45) is 1.91. The molecule has 0 saturated heterocycles. The molecule has 0 N–H and O–H groups in total. The first-order valence-electron chi connectivity index (χ1n) is 41.5. The van der Waals surface area contributed by atoms with Crippen molar-refractivity contribution >= 4 is 125 Å². The molecule has 0 aliphatic carbocycles. The lowest BCUT2D eigenvalue weighted by Gasteiger charge is -2.37. The number of aromatic nitrogens is 4. The van der Waals surface area contributed by atoms with Gasteiger partial charge in [0.05, 0.1) is 44.2 Å². The zero-order chi connectivity index (χ0) is 82.9. The normalized spacial score (nSPS) is 13.2. The van der Waals surface area contributed by atoms with Crippen LogP contribution in [-0.4, -0.2) is 25.8 Å². The van der Waals surface area contributed by atoms with E-state index in [-0.39, 0.29) is 50.0 Å². The molecule has 14 aromatic rings. The SMILES string of the molecule is CC(C)(C)c1ccc(N(c2ccc(C(C)(C)C)cc2)c2ccc3c(c2)N(c2ccccc2)c2cc(C(C)(C)C)cc4c2B3c2nc3ccc(C(C)(C)C)cc3n2-4)cc1.CC(C)(C)c1ccc(N(c2ccc(C(C)(C)C)cc2)c2cccc(N(c3ccccc3)c3cc(C(C)(C)C)cc(-n4cnc5ccc(C(C)(C)C)cc54)c3Cl)c2)cc1. The Hall–Kier alpha value is -10.9. The lowest BCUT2D eigenvalue weighted by Crippen LogP contribution is -2.55. The van der Waals surface area contributed by atoms with Crippen molar-refractivity contribution in [1.82, 2.24) is 19.1 Å². The van der Waals surface area contributed by atoms with Gasteiger partial charge in [-0.25, -0.2) is 9.97 Å². The molecule has 0 unspecified atom stereocenters. The van der Waals surface area contributed by atoms with Gasteiger partial charge in [0, 0.05) is 68.2 Å². The molecule has 2 aliphatic rings. The third kappa shape index (κ3) is 15.5. The van der Waals surface area contributed by atoms with Crippen LogP contribution in [0.2, 0.25) is 5.02 Å². The fourth-order valence-corrected chi connectivity index (χ4v) is 16.7. The van der Waals surface area contributed by atoms with Crippen molar-refractivity contribution < 1.29 is 0 Å². The molecule has 0 amide bonds. The predicted molar refractivity (Wildman–Crippen MR) is 500 cm³/mol. The average molecular weight is 1550 g/mol. The summed E-state index contributed by atoms with van der Waals surface area (Å²) in [5.41, 5.74) is 33.4. The Kier molecular flexibility index (Phi) is 20.4. The monoisotopic (exact) mass is 1550 g/mol. The van der Waals surface area contributed by atoms with E-state index in [1.807, 2.05) is 6.33 Å². The highest BCUT2D eigenvalue weighted by Crippen LogP contribution is 2.50. The molecule has 12 aromatic carbocycles. The van der Waals surface area contributed by atoms with Crippen LogP contribution in [0.1, 0.15) is 211 Å². The molecule has 116 heavy (non-hydrogen) atoms. The van der Waals surface area contributed by atoms with Crippen molar-refractivity contribution in [2.75, 3.05) is 19.6 Å². The Morgan fingerprint density at radius 3 is 1.13 bits per heavy atom. The third-order valence-corrected chi connectivity index (χ3v) is 23.9. The van der Waals surface area contributed by atoms with E-state index in [2.05, 4.69) is 456 Å². The van der Waals surface area contributed by atoms with Crippen LogP contribution in [0.15, 0.2) is 267 Å². The number of fused-ring (bicyclic) bond motifs is 8. The zero-order valence-electron chi connectivity index (χ0n) is 72.9. The van der Waals surface area contributed by atoms with E-state index in [0.717, 1.165) is 84.8 Å². The molecule has 0 saturated carbocycles. The fourth-order valence-electron chi connectivity index (χ4n) is 16.4. The van der Waals surface area contributed by atoms with Crippen LogP contribution in [0.25, 0.3) is 33.4 Å². The van der Waals surface area contributed by atoms with Gasteiger partial charge in [-0.15, -0.1) is 0 Å². The first kappa shape index (κ1) is 80.3.